The van der Waals surface area contributed by atoms with Crippen LogP contribution in [-0.4, -0.2) is 18.4 Å². The molecule has 0 saturated heterocycles. The van der Waals surface area contributed by atoms with E-state index in [4.69, 9.17) is 4.74 Å². The van der Waals surface area contributed by atoms with Crippen molar-refractivity contribution in [3.05, 3.63) is 60.2 Å². The monoisotopic (exact) mass is 340 g/mol. The lowest BCUT2D eigenvalue weighted by Crippen LogP contribution is -2.32. The summed E-state index contributed by atoms with van der Waals surface area (Å²) in [5.74, 6) is 0.0899. The highest BCUT2D eigenvalue weighted by molar-refractivity contribution is 5.90. The van der Waals surface area contributed by atoms with Crippen molar-refractivity contribution in [1.82, 2.24) is 5.32 Å². The molecule has 0 heterocycles. The summed E-state index contributed by atoms with van der Waals surface area (Å²) in [4.78, 5) is 23.5. The summed E-state index contributed by atoms with van der Waals surface area (Å²) in [5, 5.41) is 5.70. The summed E-state index contributed by atoms with van der Waals surface area (Å²) in [6.07, 6.45) is 1.82. The first kappa shape index (κ1) is 18.5. The van der Waals surface area contributed by atoms with E-state index < -0.39 is 0 Å². The number of benzene rings is 2. The van der Waals surface area contributed by atoms with Gasteiger partial charge < -0.3 is 15.4 Å². The smallest absolute Gasteiger partial charge is 0.258 e. The molecule has 1 atom stereocenters. The molecule has 25 heavy (non-hydrogen) atoms. The third-order valence-electron chi connectivity index (χ3n) is 3.67. The number of ether oxygens (including phenoxy) is 1. The van der Waals surface area contributed by atoms with Crippen molar-refractivity contribution in [2.45, 2.75) is 32.7 Å². The first-order chi connectivity index (χ1) is 12.1. The highest BCUT2D eigenvalue weighted by Crippen LogP contribution is 2.24. The van der Waals surface area contributed by atoms with Gasteiger partial charge in [-0.1, -0.05) is 55.8 Å². The van der Waals surface area contributed by atoms with Gasteiger partial charge in [-0.3, -0.25) is 9.59 Å². The van der Waals surface area contributed by atoms with Crippen LogP contribution in [-0.2, 0) is 9.59 Å². The highest BCUT2D eigenvalue weighted by atomic mass is 16.5. The topological polar surface area (TPSA) is 67.4 Å². The molecule has 0 fully saturated rings. The third-order valence-corrected chi connectivity index (χ3v) is 3.67. The number of carbonyl (C=O) groups excluding carboxylic acids is 2. The molecule has 0 saturated carbocycles. The van der Waals surface area contributed by atoms with E-state index in [1.807, 2.05) is 30.3 Å². The molecule has 2 aromatic carbocycles. The summed E-state index contributed by atoms with van der Waals surface area (Å²) in [5.41, 5.74) is 1.63. The van der Waals surface area contributed by atoms with Crippen LogP contribution in [0.25, 0.3) is 0 Å². The van der Waals surface area contributed by atoms with Gasteiger partial charge in [0.1, 0.15) is 5.75 Å². The molecule has 0 unspecified atom stereocenters. The van der Waals surface area contributed by atoms with Crippen LogP contribution in [0, 0.1) is 0 Å². The van der Waals surface area contributed by atoms with Crippen molar-refractivity contribution in [2.24, 2.45) is 0 Å². The Hall–Kier alpha value is -2.82. The van der Waals surface area contributed by atoms with Gasteiger partial charge in [-0.2, -0.15) is 0 Å². The second-order valence-corrected chi connectivity index (χ2v) is 5.79. The van der Waals surface area contributed by atoms with Crippen LogP contribution in [0.4, 0.5) is 5.69 Å². The van der Waals surface area contributed by atoms with Crippen LogP contribution in [0.3, 0.4) is 0 Å². The molecule has 0 aromatic heterocycles. The van der Waals surface area contributed by atoms with Crippen molar-refractivity contribution in [1.29, 1.82) is 0 Å². The van der Waals surface area contributed by atoms with Crippen LogP contribution in [0.2, 0.25) is 0 Å². The molecule has 2 aromatic rings. The molecular weight excluding hydrogens is 316 g/mol. The first-order valence-electron chi connectivity index (χ1n) is 8.44. The minimum atomic E-state index is -0.195. The summed E-state index contributed by atoms with van der Waals surface area (Å²) < 4.78 is 5.59. The largest absolute Gasteiger partial charge is 0.482 e. The molecule has 0 spiro atoms. The summed E-state index contributed by atoms with van der Waals surface area (Å²) in [6, 6.07) is 16.9. The molecule has 132 valence electrons. The Bertz CT molecular complexity index is 701. The molecule has 5 heteroatoms. The van der Waals surface area contributed by atoms with Gasteiger partial charge in [-0.15, -0.1) is 0 Å². The lowest BCUT2D eigenvalue weighted by atomic mass is 10.0. The predicted octanol–water partition coefficient (Wildman–Crippen LogP) is 3.68. The average Bonchev–Trinajstić information content (AvgIpc) is 2.61. The van der Waals surface area contributed by atoms with E-state index in [1.54, 1.807) is 24.3 Å². The molecule has 0 aliphatic carbocycles. The van der Waals surface area contributed by atoms with E-state index in [-0.39, 0.29) is 24.5 Å². The van der Waals surface area contributed by atoms with Crippen LogP contribution < -0.4 is 15.4 Å². The van der Waals surface area contributed by atoms with Crippen LogP contribution in [0.15, 0.2) is 54.6 Å². The molecular formula is C20H24N2O3. The van der Waals surface area contributed by atoms with Crippen LogP contribution in [0.5, 0.6) is 5.75 Å². The number of hydrogen-bond donors (Lipinski definition) is 2. The minimum absolute atomic E-state index is 0.0344. The SMILES string of the molecule is CCC[C@H](NC(=O)COc1ccccc1NC(C)=O)c1ccccc1. The van der Waals surface area contributed by atoms with Gasteiger partial charge in [0.05, 0.1) is 11.7 Å². The van der Waals surface area contributed by atoms with Crippen LogP contribution in [0.1, 0.15) is 38.3 Å². The zero-order valence-corrected chi connectivity index (χ0v) is 14.6. The minimum Gasteiger partial charge on any atom is -0.482 e. The van der Waals surface area contributed by atoms with E-state index in [2.05, 4.69) is 17.6 Å². The number of hydrogen-bond acceptors (Lipinski definition) is 3. The number of para-hydroxylation sites is 2. The molecule has 2 amide bonds. The number of amides is 2. The fraction of sp³-hybridized carbons (Fsp3) is 0.300. The van der Waals surface area contributed by atoms with Gasteiger partial charge >= 0.3 is 0 Å². The Morgan fingerprint density at radius 3 is 2.40 bits per heavy atom. The van der Waals surface area contributed by atoms with E-state index in [1.165, 1.54) is 6.92 Å². The molecule has 2 N–H and O–H groups in total. The van der Waals surface area contributed by atoms with E-state index >= 15 is 0 Å². The van der Waals surface area contributed by atoms with E-state index in [0.29, 0.717) is 11.4 Å². The Morgan fingerprint density at radius 2 is 1.72 bits per heavy atom. The molecule has 0 bridgehead atoms. The Kier molecular flexibility index (Phi) is 7.01. The van der Waals surface area contributed by atoms with Gasteiger partial charge in [0, 0.05) is 6.92 Å². The van der Waals surface area contributed by atoms with Gasteiger partial charge in [-0.25, -0.2) is 0 Å². The number of anilines is 1. The fourth-order valence-corrected chi connectivity index (χ4v) is 2.56. The van der Waals surface area contributed by atoms with Crippen molar-refractivity contribution in [2.75, 3.05) is 11.9 Å². The van der Waals surface area contributed by atoms with Gasteiger partial charge in [0.2, 0.25) is 5.91 Å². The lowest BCUT2D eigenvalue weighted by molar-refractivity contribution is -0.123. The average molecular weight is 340 g/mol. The predicted molar refractivity (Wildman–Crippen MR) is 98.5 cm³/mol. The quantitative estimate of drug-likeness (QED) is 0.770. The standard InChI is InChI=1S/C20H24N2O3/c1-3-9-17(16-10-5-4-6-11-16)22-20(24)14-25-19-13-8-7-12-18(19)21-15(2)23/h4-8,10-13,17H,3,9,14H2,1-2H3,(H,21,23)(H,22,24)/t17-/m0/s1. The first-order valence-corrected chi connectivity index (χ1v) is 8.44. The van der Waals surface area contributed by atoms with Crippen molar-refractivity contribution >= 4 is 17.5 Å². The van der Waals surface area contributed by atoms with Crippen molar-refractivity contribution in [3.63, 3.8) is 0 Å². The van der Waals surface area contributed by atoms with Crippen molar-refractivity contribution < 1.29 is 14.3 Å². The lowest BCUT2D eigenvalue weighted by Gasteiger charge is -2.19. The highest BCUT2D eigenvalue weighted by Gasteiger charge is 2.14. The van der Waals surface area contributed by atoms with Crippen LogP contribution >= 0.6 is 0 Å². The number of carbonyl (C=O) groups is 2. The summed E-state index contributed by atoms with van der Waals surface area (Å²) in [7, 11) is 0. The molecule has 5 nitrogen and oxygen atoms in total. The van der Waals surface area contributed by atoms with E-state index in [9.17, 15) is 9.59 Å². The maximum absolute atomic E-state index is 12.3. The van der Waals surface area contributed by atoms with Gasteiger partial charge in [-0.05, 0) is 24.1 Å². The zero-order chi connectivity index (χ0) is 18.1. The number of rotatable bonds is 8. The fourth-order valence-electron chi connectivity index (χ4n) is 2.56. The molecule has 0 radical (unpaired) electrons. The summed E-state index contributed by atoms with van der Waals surface area (Å²) >= 11 is 0. The third kappa shape index (κ3) is 5.95. The maximum atomic E-state index is 12.3. The second kappa shape index (κ2) is 9.47. The van der Waals surface area contributed by atoms with Crippen molar-refractivity contribution in [3.8, 4) is 5.75 Å². The van der Waals surface area contributed by atoms with Gasteiger partial charge in [0.15, 0.2) is 6.61 Å². The zero-order valence-electron chi connectivity index (χ0n) is 14.6. The Labute approximate surface area is 148 Å². The molecule has 0 aliphatic heterocycles. The Morgan fingerprint density at radius 1 is 1.04 bits per heavy atom. The van der Waals surface area contributed by atoms with Gasteiger partial charge in [0.25, 0.3) is 5.91 Å². The maximum Gasteiger partial charge on any atom is 0.258 e. The number of nitrogens with one attached hydrogen (secondary N) is 2. The molecule has 2 rings (SSSR count). The Balaban J connectivity index is 1.97. The summed E-state index contributed by atoms with van der Waals surface area (Å²) in [6.45, 7) is 3.41. The molecule has 0 aliphatic rings. The normalized spacial score (nSPS) is 11.4. The second-order valence-electron chi connectivity index (χ2n) is 5.79. The van der Waals surface area contributed by atoms with E-state index in [0.717, 1.165) is 18.4 Å².